The average molecular weight is 541 g/mol. The van der Waals surface area contributed by atoms with Crippen LogP contribution in [-0.4, -0.2) is 54.8 Å². The van der Waals surface area contributed by atoms with Crippen molar-refractivity contribution >= 4 is 29.3 Å². The second kappa shape index (κ2) is 12.9. The number of ether oxygens (including phenoxy) is 2. The Morgan fingerprint density at radius 3 is 2.71 bits per heavy atom. The predicted molar refractivity (Wildman–Crippen MR) is 149 cm³/mol. The molecule has 0 spiro atoms. The topological polar surface area (TPSA) is 68.6 Å². The first-order valence-electron chi connectivity index (χ1n) is 12.8. The minimum Gasteiger partial charge on any atom is -0.495 e. The first-order valence-corrected chi connectivity index (χ1v) is 13.3. The molecule has 1 aliphatic rings. The summed E-state index contributed by atoms with van der Waals surface area (Å²) in [7, 11) is 1.62. The number of nitrogens with one attached hydrogen (secondary N) is 1. The van der Waals surface area contributed by atoms with Crippen LogP contribution in [0.1, 0.15) is 42.6 Å². The van der Waals surface area contributed by atoms with Crippen LogP contribution < -0.4 is 15.0 Å². The summed E-state index contributed by atoms with van der Waals surface area (Å²) in [5.74, 6) is 0.623. The van der Waals surface area contributed by atoms with E-state index in [2.05, 4.69) is 15.2 Å². The number of nitrogens with zero attached hydrogens (tertiary/aromatic N) is 3. The molecule has 1 fully saturated rings. The molecule has 38 heavy (non-hydrogen) atoms. The molecular weight excluding hydrogens is 507 g/mol. The quantitative estimate of drug-likeness (QED) is 0.274. The van der Waals surface area contributed by atoms with Crippen LogP contribution in [0.5, 0.6) is 5.75 Å². The number of halogens is 2. The minimum absolute atomic E-state index is 0.187. The predicted octanol–water partition coefficient (Wildman–Crippen LogP) is 5.44. The zero-order valence-corrected chi connectivity index (χ0v) is 22.8. The Morgan fingerprint density at radius 2 is 2.03 bits per heavy atom. The molecule has 0 saturated carbocycles. The van der Waals surface area contributed by atoms with Gasteiger partial charge in [-0.1, -0.05) is 12.1 Å². The molecule has 1 N–H and O–H groups in total. The van der Waals surface area contributed by atoms with E-state index in [-0.39, 0.29) is 17.8 Å². The number of hydrogen-bond donors (Lipinski definition) is 1. The van der Waals surface area contributed by atoms with Crippen LogP contribution in [-0.2, 0) is 9.53 Å². The first kappa shape index (κ1) is 27.7. The Morgan fingerprint density at radius 1 is 1.24 bits per heavy atom. The van der Waals surface area contributed by atoms with Crippen molar-refractivity contribution in [3.63, 3.8) is 0 Å². The van der Waals surface area contributed by atoms with Crippen molar-refractivity contribution in [1.29, 1.82) is 0 Å². The smallest absolute Gasteiger partial charge is 0.247 e. The van der Waals surface area contributed by atoms with Crippen molar-refractivity contribution < 1.29 is 18.7 Å². The Balaban J connectivity index is 1.58. The van der Waals surface area contributed by atoms with Crippen molar-refractivity contribution in [2.24, 2.45) is 0 Å². The fourth-order valence-corrected chi connectivity index (χ4v) is 4.72. The standard InChI is InChI=1S/C29H34ClFN4O3/c1-20-18-35(19-32-20)26-9-6-22(16-28(26)37-3)15-23(5-4-10-30)29(36)33-21(2)25-8-7-24(31)17-27(25)34-11-13-38-14-12-34/h6-9,15-19,21H,4-5,10-14H2,1-3H3,(H,33,36)/b23-15+. The third-order valence-corrected chi connectivity index (χ3v) is 6.83. The molecule has 0 aliphatic carbocycles. The number of aryl methyl sites for hydroxylation is 1. The van der Waals surface area contributed by atoms with Gasteiger partial charge in [0.25, 0.3) is 0 Å². The summed E-state index contributed by atoms with van der Waals surface area (Å²) >= 11 is 5.98. The molecule has 9 heteroatoms. The van der Waals surface area contributed by atoms with Crippen molar-refractivity contribution in [2.75, 3.05) is 44.2 Å². The van der Waals surface area contributed by atoms with Gasteiger partial charge >= 0.3 is 0 Å². The SMILES string of the molecule is COc1cc(/C=C(\CCCCl)C(=O)NC(C)c2ccc(F)cc2N2CCOCC2)ccc1-n1cnc(C)c1. The normalized spacial score (nSPS) is 14.9. The maximum Gasteiger partial charge on any atom is 0.247 e. The van der Waals surface area contributed by atoms with Crippen LogP contribution in [0, 0.1) is 12.7 Å². The highest BCUT2D eigenvalue weighted by molar-refractivity contribution is 6.17. The third-order valence-electron chi connectivity index (χ3n) is 6.56. The second-order valence-electron chi connectivity index (χ2n) is 9.31. The number of rotatable bonds is 10. The van der Waals surface area contributed by atoms with Gasteiger partial charge in [0.05, 0.1) is 44.1 Å². The number of benzene rings is 2. The highest BCUT2D eigenvalue weighted by Crippen LogP contribution is 2.30. The van der Waals surface area contributed by atoms with Crippen LogP contribution in [0.3, 0.4) is 0 Å². The Labute approximate surface area is 228 Å². The zero-order valence-electron chi connectivity index (χ0n) is 22.0. The number of methoxy groups -OCH3 is 1. The maximum atomic E-state index is 14.2. The van der Waals surface area contributed by atoms with Gasteiger partial charge in [0, 0.05) is 36.4 Å². The monoisotopic (exact) mass is 540 g/mol. The van der Waals surface area contributed by atoms with E-state index in [9.17, 15) is 9.18 Å². The molecule has 3 aromatic rings. The van der Waals surface area contributed by atoms with E-state index >= 15 is 0 Å². The molecule has 1 saturated heterocycles. The molecule has 1 atom stereocenters. The Bertz CT molecular complexity index is 1290. The van der Waals surface area contributed by atoms with Crippen molar-refractivity contribution in [3.8, 4) is 11.4 Å². The summed E-state index contributed by atoms with van der Waals surface area (Å²) in [4.78, 5) is 19.9. The molecule has 2 heterocycles. The van der Waals surface area contributed by atoms with E-state index in [0.717, 1.165) is 28.2 Å². The van der Waals surface area contributed by atoms with Crippen LogP contribution >= 0.6 is 11.6 Å². The van der Waals surface area contributed by atoms with Gasteiger partial charge in [0.1, 0.15) is 11.6 Å². The molecule has 1 amide bonds. The number of aromatic nitrogens is 2. The highest BCUT2D eigenvalue weighted by Gasteiger charge is 2.21. The van der Waals surface area contributed by atoms with Gasteiger partial charge in [-0.2, -0.15) is 0 Å². The van der Waals surface area contributed by atoms with Crippen molar-refractivity contribution in [3.05, 3.63) is 77.1 Å². The van der Waals surface area contributed by atoms with Gasteiger partial charge < -0.3 is 24.3 Å². The van der Waals surface area contributed by atoms with Crippen molar-refractivity contribution in [2.45, 2.75) is 32.7 Å². The van der Waals surface area contributed by atoms with Gasteiger partial charge in [-0.05, 0) is 68.2 Å². The molecule has 0 radical (unpaired) electrons. The molecule has 1 aromatic heterocycles. The number of hydrogen-bond acceptors (Lipinski definition) is 5. The minimum atomic E-state index is -0.332. The number of anilines is 1. The lowest BCUT2D eigenvalue weighted by Gasteiger charge is -2.32. The van der Waals surface area contributed by atoms with E-state index in [0.29, 0.717) is 56.3 Å². The lowest BCUT2D eigenvalue weighted by Crippen LogP contribution is -2.38. The van der Waals surface area contributed by atoms with Gasteiger partial charge in [-0.15, -0.1) is 11.6 Å². The van der Waals surface area contributed by atoms with E-state index in [1.54, 1.807) is 19.5 Å². The van der Waals surface area contributed by atoms with E-state index in [1.165, 1.54) is 12.1 Å². The molecule has 0 bridgehead atoms. The first-order chi connectivity index (χ1) is 18.4. The highest BCUT2D eigenvalue weighted by atomic mass is 35.5. The third kappa shape index (κ3) is 6.74. The van der Waals surface area contributed by atoms with E-state index in [1.807, 2.05) is 48.9 Å². The largest absolute Gasteiger partial charge is 0.495 e. The summed E-state index contributed by atoms with van der Waals surface area (Å²) < 4.78 is 27.1. The summed E-state index contributed by atoms with van der Waals surface area (Å²) in [6, 6.07) is 10.2. The summed E-state index contributed by atoms with van der Waals surface area (Å²) in [5, 5.41) is 3.12. The molecular formula is C29H34ClFN4O3. The van der Waals surface area contributed by atoms with Gasteiger partial charge in [0.2, 0.25) is 5.91 Å². The molecule has 2 aromatic carbocycles. The van der Waals surface area contributed by atoms with Gasteiger partial charge in [0.15, 0.2) is 0 Å². The van der Waals surface area contributed by atoms with Crippen LogP contribution in [0.4, 0.5) is 10.1 Å². The van der Waals surface area contributed by atoms with Crippen LogP contribution in [0.15, 0.2) is 54.5 Å². The lowest BCUT2D eigenvalue weighted by molar-refractivity contribution is -0.118. The maximum absolute atomic E-state index is 14.2. The summed E-state index contributed by atoms with van der Waals surface area (Å²) in [6.07, 6.45) is 6.72. The fraction of sp³-hybridized carbons (Fsp3) is 0.379. The number of imidazole rings is 1. The summed E-state index contributed by atoms with van der Waals surface area (Å²) in [6.45, 7) is 6.37. The number of morpholine rings is 1. The fourth-order valence-electron chi connectivity index (χ4n) is 4.59. The molecule has 1 unspecified atom stereocenters. The number of carbonyl (C=O) groups is 1. The molecule has 1 aliphatic heterocycles. The molecule has 7 nitrogen and oxygen atoms in total. The number of carbonyl (C=O) groups excluding carboxylic acids is 1. The summed E-state index contributed by atoms with van der Waals surface area (Å²) in [5.41, 5.74) is 4.86. The average Bonchev–Trinajstić information content (AvgIpc) is 3.37. The van der Waals surface area contributed by atoms with Gasteiger partial charge in [-0.25, -0.2) is 9.37 Å². The Kier molecular flexibility index (Phi) is 9.42. The van der Waals surface area contributed by atoms with Crippen molar-refractivity contribution in [1.82, 2.24) is 14.9 Å². The lowest BCUT2D eigenvalue weighted by atomic mass is 10.0. The van der Waals surface area contributed by atoms with Gasteiger partial charge in [-0.3, -0.25) is 4.79 Å². The number of alkyl halides is 1. The van der Waals surface area contributed by atoms with Crippen LogP contribution in [0.25, 0.3) is 11.8 Å². The van der Waals surface area contributed by atoms with Crippen LogP contribution in [0.2, 0.25) is 0 Å². The Hall–Kier alpha value is -3.36. The molecule has 202 valence electrons. The van der Waals surface area contributed by atoms with E-state index in [4.69, 9.17) is 21.1 Å². The second-order valence-corrected chi connectivity index (χ2v) is 9.69. The molecule has 4 rings (SSSR count). The zero-order chi connectivity index (χ0) is 27.1. The van der Waals surface area contributed by atoms with E-state index < -0.39 is 0 Å². The number of amides is 1.